The van der Waals surface area contributed by atoms with Crippen LogP contribution in [-0.4, -0.2) is 32.3 Å². The van der Waals surface area contributed by atoms with Gasteiger partial charge in [-0.25, -0.2) is 4.79 Å². The molecular weight excluding hydrogens is 287 g/mol. The molecule has 0 aliphatic carbocycles. The number of halogens is 3. The molecule has 1 unspecified atom stereocenters. The van der Waals surface area contributed by atoms with Gasteiger partial charge in [0.25, 0.3) is 0 Å². The molecule has 0 spiro atoms. The predicted octanol–water partition coefficient (Wildman–Crippen LogP) is 2.19. The first-order valence-electron chi connectivity index (χ1n) is 6.29. The van der Waals surface area contributed by atoms with Crippen LogP contribution in [0.5, 0.6) is 0 Å². The largest absolute Gasteiger partial charge is 0.416 e. The first kappa shape index (κ1) is 17.3. The molecule has 0 saturated heterocycles. The fourth-order valence-corrected chi connectivity index (χ4v) is 1.59. The molecule has 0 aliphatic rings. The summed E-state index contributed by atoms with van der Waals surface area (Å²) in [6.45, 7) is 0.735. The number of urea groups is 1. The normalized spacial score (nSPS) is 12.8. The number of benzene rings is 1. The van der Waals surface area contributed by atoms with Gasteiger partial charge in [-0.1, -0.05) is 0 Å². The van der Waals surface area contributed by atoms with Gasteiger partial charge in [-0.05, 0) is 30.7 Å². The SMILES string of the molecule is COCC(N)CCNC(=O)Nc1ccc(C(F)(F)F)cc1. The number of alkyl halides is 3. The molecule has 4 N–H and O–H groups in total. The number of ether oxygens (including phenoxy) is 1. The van der Waals surface area contributed by atoms with Crippen molar-refractivity contribution in [1.29, 1.82) is 0 Å². The Bertz CT molecular complexity index is 449. The Kier molecular flexibility index (Phi) is 6.44. The Hall–Kier alpha value is -1.80. The smallest absolute Gasteiger partial charge is 0.383 e. The predicted molar refractivity (Wildman–Crippen MR) is 72.9 cm³/mol. The first-order chi connectivity index (χ1) is 9.82. The van der Waals surface area contributed by atoms with Gasteiger partial charge in [0.05, 0.1) is 12.2 Å². The molecule has 1 aromatic rings. The lowest BCUT2D eigenvalue weighted by molar-refractivity contribution is -0.137. The number of hydrogen-bond donors (Lipinski definition) is 3. The minimum absolute atomic E-state index is 0.179. The fourth-order valence-electron chi connectivity index (χ4n) is 1.59. The molecule has 5 nitrogen and oxygen atoms in total. The number of nitrogens with one attached hydrogen (secondary N) is 2. The molecule has 8 heteroatoms. The van der Waals surface area contributed by atoms with Crippen LogP contribution in [-0.2, 0) is 10.9 Å². The van der Waals surface area contributed by atoms with Gasteiger partial charge in [-0.2, -0.15) is 13.2 Å². The van der Waals surface area contributed by atoms with Gasteiger partial charge >= 0.3 is 12.2 Å². The van der Waals surface area contributed by atoms with Crippen molar-refractivity contribution in [2.24, 2.45) is 5.73 Å². The van der Waals surface area contributed by atoms with Gasteiger partial charge in [0.1, 0.15) is 0 Å². The summed E-state index contributed by atoms with van der Waals surface area (Å²) in [4.78, 5) is 11.5. The van der Waals surface area contributed by atoms with Gasteiger partial charge in [0.15, 0.2) is 0 Å². The second-order valence-electron chi connectivity index (χ2n) is 4.46. The Labute approximate surface area is 120 Å². The van der Waals surface area contributed by atoms with E-state index in [4.69, 9.17) is 10.5 Å². The van der Waals surface area contributed by atoms with Crippen LogP contribution in [0.1, 0.15) is 12.0 Å². The van der Waals surface area contributed by atoms with Crippen molar-refractivity contribution in [3.8, 4) is 0 Å². The topological polar surface area (TPSA) is 76.4 Å². The highest BCUT2D eigenvalue weighted by molar-refractivity contribution is 5.89. The maximum Gasteiger partial charge on any atom is 0.416 e. The van der Waals surface area contributed by atoms with E-state index in [0.717, 1.165) is 12.1 Å². The van der Waals surface area contributed by atoms with Crippen LogP contribution in [0.25, 0.3) is 0 Å². The van der Waals surface area contributed by atoms with E-state index in [1.165, 1.54) is 19.2 Å². The maximum absolute atomic E-state index is 12.4. The molecule has 0 fully saturated rings. The Morgan fingerprint density at radius 3 is 2.48 bits per heavy atom. The summed E-state index contributed by atoms with van der Waals surface area (Å²) < 4.78 is 41.9. The number of anilines is 1. The molecule has 0 aromatic heterocycles. The number of carbonyl (C=O) groups is 1. The van der Waals surface area contributed by atoms with Crippen LogP contribution >= 0.6 is 0 Å². The molecule has 0 bridgehead atoms. The summed E-state index contributed by atoms with van der Waals surface area (Å²) in [6.07, 6.45) is -3.85. The molecule has 1 aromatic carbocycles. The van der Waals surface area contributed by atoms with E-state index < -0.39 is 17.8 Å². The highest BCUT2D eigenvalue weighted by atomic mass is 19.4. The third-order valence-electron chi connectivity index (χ3n) is 2.65. The average Bonchev–Trinajstić information content (AvgIpc) is 2.38. The van der Waals surface area contributed by atoms with Crippen LogP contribution in [0, 0.1) is 0 Å². The monoisotopic (exact) mass is 305 g/mol. The van der Waals surface area contributed by atoms with Crippen LogP contribution in [0.2, 0.25) is 0 Å². The lowest BCUT2D eigenvalue weighted by Crippen LogP contribution is -2.35. The zero-order valence-corrected chi connectivity index (χ0v) is 11.5. The lowest BCUT2D eigenvalue weighted by Gasteiger charge is -2.12. The Balaban J connectivity index is 2.38. The number of hydrogen-bond acceptors (Lipinski definition) is 3. The molecule has 0 radical (unpaired) electrons. The van der Waals surface area contributed by atoms with E-state index in [1.807, 2.05) is 0 Å². The molecular formula is C13H18F3N3O2. The van der Waals surface area contributed by atoms with Gasteiger partial charge in [0, 0.05) is 25.4 Å². The van der Waals surface area contributed by atoms with Crippen LogP contribution in [0.15, 0.2) is 24.3 Å². The Morgan fingerprint density at radius 2 is 1.95 bits per heavy atom. The Morgan fingerprint density at radius 1 is 1.33 bits per heavy atom. The summed E-state index contributed by atoms with van der Waals surface area (Å²) in [5, 5.41) is 4.99. The molecule has 0 aliphatic heterocycles. The molecule has 0 saturated carbocycles. The summed E-state index contributed by atoms with van der Waals surface area (Å²) >= 11 is 0. The van der Waals surface area contributed by atoms with Crippen LogP contribution < -0.4 is 16.4 Å². The van der Waals surface area contributed by atoms with E-state index in [1.54, 1.807) is 0 Å². The van der Waals surface area contributed by atoms with E-state index in [2.05, 4.69) is 10.6 Å². The van der Waals surface area contributed by atoms with Crippen molar-refractivity contribution in [2.45, 2.75) is 18.6 Å². The molecule has 0 heterocycles. The van der Waals surface area contributed by atoms with Crippen molar-refractivity contribution in [3.63, 3.8) is 0 Å². The first-order valence-corrected chi connectivity index (χ1v) is 6.29. The number of nitrogens with two attached hydrogens (primary N) is 1. The van der Waals surface area contributed by atoms with Crippen LogP contribution in [0.4, 0.5) is 23.7 Å². The second kappa shape index (κ2) is 7.84. The minimum atomic E-state index is -4.39. The van der Waals surface area contributed by atoms with E-state index in [0.29, 0.717) is 19.6 Å². The summed E-state index contributed by atoms with van der Waals surface area (Å²) in [5.74, 6) is 0. The van der Waals surface area contributed by atoms with Crippen molar-refractivity contribution in [3.05, 3.63) is 29.8 Å². The van der Waals surface area contributed by atoms with Gasteiger partial charge in [0.2, 0.25) is 0 Å². The van der Waals surface area contributed by atoms with E-state index in [-0.39, 0.29) is 11.7 Å². The van der Waals surface area contributed by atoms with Gasteiger partial charge in [-0.3, -0.25) is 0 Å². The third-order valence-corrected chi connectivity index (χ3v) is 2.65. The molecule has 21 heavy (non-hydrogen) atoms. The minimum Gasteiger partial charge on any atom is -0.383 e. The number of amides is 2. The standard InChI is InChI=1S/C13H18F3N3O2/c1-21-8-10(17)6-7-18-12(20)19-11-4-2-9(3-5-11)13(14,15)16/h2-5,10H,6-8,17H2,1H3,(H2,18,19,20). The van der Waals surface area contributed by atoms with Crippen molar-refractivity contribution >= 4 is 11.7 Å². The number of carbonyl (C=O) groups excluding carboxylic acids is 1. The fraction of sp³-hybridized carbons (Fsp3) is 0.462. The van der Waals surface area contributed by atoms with Crippen molar-refractivity contribution in [2.75, 3.05) is 25.6 Å². The van der Waals surface area contributed by atoms with Crippen molar-refractivity contribution in [1.82, 2.24) is 5.32 Å². The maximum atomic E-state index is 12.4. The highest BCUT2D eigenvalue weighted by Gasteiger charge is 2.29. The highest BCUT2D eigenvalue weighted by Crippen LogP contribution is 2.29. The van der Waals surface area contributed by atoms with Crippen molar-refractivity contribution < 1.29 is 22.7 Å². The van der Waals surface area contributed by atoms with Crippen LogP contribution in [0.3, 0.4) is 0 Å². The summed E-state index contributed by atoms with van der Waals surface area (Å²) in [6, 6.07) is 3.52. The molecule has 1 atom stereocenters. The van der Waals surface area contributed by atoms with E-state index >= 15 is 0 Å². The quantitative estimate of drug-likeness (QED) is 0.754. The lowest BCUT2D eigenvalue weighted by atomic mass is 10.2. The molecule has 2 amide bonds. The second-order valence-corrected chi connectivity index (χ2v) is 4.46. The van der Waals surface area contributed by atoms with Gasteiger partial charge < -0.3 is 21.1 Å². The number of methoxy groups -OCH3 is 1. The molecule has 1 rings (SSSR count). The molecule has 118 valence electrons. The number of rotatable bonds is 6. The zero-order chi connectivity index (χ0) is 15.9. The summed E-state index contributed by atoms with van der Waals surface area (Å²) in [7, 11) is 1.53. The van der Waals surface area contributed by atoms with Gasteiger partial charge in [-0.15, -0.1) is 0 Å². The zero-order valence-electron chi connectivity index (χ0n) is 11.5. The van der Waals surface area contributed by atoms with E-state index in [9.17, 15) is 18.0 Å². The summed E-state index contributed by atoms with van der Waals surface area (Å²) in [5.41, 5.74) is 5.19. The average molecular weight is 305 g/mol. The third kappa shape index (κ3) is 6.46.